The molecule has 4 aliphatic rings. The van der Waals surface area contributed by atoms with Crippen molar-refractivity contribution in [2.75, 3.05) is 6.54 Å². The van der Waals surface area contributed by atoms with Gasteiger partial charge in [-0.2, -0.15) is 0 Å². The number of thiazole rings is 1. The summed E-state index contributed by atoms with van der Waals surface area (Å²) in [6, 6.07) is 10.1. The van der Waals surface area contributed by atoms with Crippen molar-refractivity contribution in [3.05, 3.63) is 84.1 Å². The van der Waals surface area contributed by atoms with Crippen molar-refractivity contribution >= 4 is 46.6 Å². The second-order valence-electron chi connectivity index (χ2n) is 11.3. The van der Waals surface area contributed by atoms with E-state index in [1.54, 1.807) is 12.1 Å². The third kappa shape index (κ3) is 4.46. The molecule has 11 nitrogen and oxygen atoms in total. The van der Waals surface area contributed by atoms with Crippen molar-refractivity contribution in [1.82, 2.24) is 9.88 Å². The molecule has 2 saturated carbocycles. The maximum Gasteiger partial charge on any atom is 0.305 e. The van der Waals surface area contributed by atoms with E-state index in [0.717, 1.165) is 16.2 Å². The molecule has 2 aliphatic heterocycles. The van der Waals surface area contributed by atoms with Gasteiger partial charge >= 0.3 is 10.8 Å². The quantitative estimate of drug-likeness (QED) is 0.214. The topological polar surface area (TPSA) is 160 Å². The number of aromatic nitrogens is 1. The van der Waals surface area contributed by atoms with E-state index in [1.165, 1.54) is 42.1 Å². The van der Waals surface area contributed by atoms with Crippen LogP contribution in [0.1, 0.15) is 34.8 Å². The number of hydrogen-bond donors (Lipinski definition) is 2. The molecule has 3 heterocycles. The Kier molecular flexibility index (Phi) is 6.65. The summed E-state index contributed by atoms with van der Waals surface area (Å²) in [5, 5.41) is 21.5. The lowest BCUT2D eigenvalue weighted by Crippen LogP contribution is -2.42. The number of carboxylic acids is 1. The molecule has 7 rings (SSSR count). The molecule has 7 atom stereocenters. The molecule has 222 valence electrons. The number of non-ortho nitro benzene ring substituents is 1. The molecule has 0 unspecified atom stereocenters. The van der Waals surface area contributed by atoms with Gasteiger partial charge in [0, 0.05) is 40.3 Å². The third-order valence-electron chi connectivity index (χ3n) is 9.21. The standard InChI is InChI=1S/C29H24FN3O8S2/c30-13-3-1-12(2-4-13)11-41-18-6-5-14(33(39)40)9-15(18)20-21-16-10-17(24(21)42-26-25(20)43-29(38)31-26)23-22(16)27(36)32(28(23)37)8-7-19(34)35/h1-6,9,16-17,20-24H,7-8,10-11H2,(H,31,38)(H,34,35)/t16-,17-,20-,21-,22+,23-,24-/m1/s1. The van der Waals surface area contributed by atoms with E-state index >= 15 is 0 Å². The van der Waals surface area contributed by atoms with Gasteiger partial charge in [-0.15, -0.1) is 11.8 Å². The van der Waals surface area contributed by atoms with Crippen LogP contribution in [0.4, 0.5) is 10.1 Å². The van der Waals surface area contributed by atoms with Gasteiger partial charge in [-0.05, 0) is 47.9 Å². The number of likely N-dealkylation sites (tertiary alicyclic amines) is 1. The number of rotatable bonds is 8. The zero-order valence-electron chi connectivity index (χ0n) is 22.3. The van der Waals surface area contributed by atoms with Crippen molar-refractivity contribution in [3.63, 3.8) is 0 Å². The van der Waals surface area contributed by atoms with Gasteiger partial charge in [-0.3, -0.25) is 34.2 Å². The monoisotopic (exact) mass is 625 g/mol. The molecular weight excluding hydrogens is 601 g/mol. The number of halogens is 1. The number of nitrogens with zero attached hydrogens (tertiary/aromatic N) is 2. The Balaban J connectivity index is 1.30. The number of imide groups is 1. The molecule has 2 aliphatic carbocycles. The minimum Gasteiger partial charge on any atom is -0.489 e. The molecule has 1 aromatic heterocycles. The summed E-state index contributed by atoms with van der Waals surface area (Å²) in [6.45, 7) is -0.114. The maximum absolute atomic E-state index is 13.6. The fourth-order valence-electron chi connectivity index (χ4n) is 7.62. The van der Waals surface area contributed by atoms with Crippen LogP contribution < -0.4 is 9.61 Å². The number of amides is 2. The fourth-order valence-corrected chi connectivity index (χ4v) is 10.5. The molecule has 2 N–H and O–H groups in total. The number of carboxylic acid groups (broad SMARTS) is 1. The zero-order chi connectivity index (χ0) is 30.2. The Bertz CT molecular complexity index is 1740. The van der Waals surface area contributed by atoms with E-state index in [4.69, 9.17) is 9.84 Å². The summed E-state index contributed by atoms with van der Waals surface area (Å²) in [5.74, 6) is -4.21. The number of carbonyl (C=O) groups is 3. The highest BCUT2D eigenvalue weighted by Crippen LogP contribution is 2.69. The number of aliphatic carboxylic acids is 1. The Labute approximate surface area is 251 Å². The summed E-state index contributed by atoms with van der Waals surface area (Å²) in [6.07, 6.45) is 0.274. The minimum atomic E-state index is -1.10. The second kappa shape index (κ2) is 10.3. The Morgan fingerprint density at radius 1 is 1.12 bits per heavy atom. The zero-order valence-corrected chi connectivity index (χ0v) is 23.9. The molecule has 0 radical (unpaired) electrons. The van der Waals surface area contributed by atoms with Crippen molar-refractivity contribution in [2.45, 2.75) is 35.6 Å². The highest BCUT2D eigenvalue weighted by Gasteiger charge is 2.69. The average Bonchev–Trinajstić information content (AvgIpc) is 3.70. The molecule has 3 fully saturated rings. The van der Waals surface area contributed by atoms with Crippen LogP contribution in [-0.4, -0.2) is 49.5 Å². The van der Waals surface area contributed by atoms with E-state index in [9.17, 15) is 33.7 Å². The Morgan fingerprint density at radius 2 is 1.84 bits per heavy atom. The van der Waals surface area contributed by atoms with Crippen LogP contribution >= 0.6 is 23.1 Å². The van der Waals surface area contributed by atoms with Crippen LogP contribution in [0.15, 0.2) is 52.3 Å². The number of nitro benzene ring substituents is 1. The number of hydrogen-bond acceptors (Lipinski definition) is 9. The van der Waals surface area contributed by atoms with Gasteiger partial charge in [0.15, 0.2) is 0 Å². The highest BCUT2D eigenvalue weighted by molar-refractivity contribution is 8.00. The van der Waals surface area contributed by atoms with Crippen LogP contribution in [0.2, 0.25) is 0 Å². The second-order valence-corrected chi connectivity index (χ2v) is 13.5. The van der Waals surface area contributed by atoms with Gasteiger partial charge in [0.1, 0.15) is 18.2 Å². The normalized spacial score (nSPS) is 28.5. The molecule has 1 saturated heterocycles. The molecule has 43 heavy (non-hydrogen) atoms. The predicted octanol–water partition coefficient (Wildman–Crippen LogP) is 4.01. The van der Waals surface area contributed by atoms with Gasteiger partial charge in [-0.1, -0.05) is 23.5 Å². The SMILES string of the molecule is O=C(O)CCN1C(=O)[C@@H]2[C@H]3C[C@@H]([C@@H]2C1=O)[C@@H]1[C@@H](c2cc([N+](=O)[O-])ccc2OCc2ccc(F)cc2)c2sc(=O)[nH]c2S[C@H]31. The van der Waals surface area contributed by atoms with Gasteiger partial charge in [-0.25, -0.2) is 4.39 Å². The Hall–Kier alpha value is -4.04. The first-order chi connectivity index (χ1) is 20.6. The summed E-state index contributed by atoms with van der Waals surface area (Å²) in [4.78, 5) is 66.6. The number of nitrogens with one attached hydrogen (secondary N) is 1. The number of nitro groups is 1. The third-order valence-corrected chi connectivity index (χ3v) is 11.8. The average molecular weight is 626 g/mol. The van der Waals surface area contributed by atoms with E-state index in [-0.39, 0.29) is 65.0 Å². The van der Waals surface area contributed by atoms with Crippen LogP contribution in [0.3, 0.4) is 0 Å². The van der Waals surface area contributed by atoms with E-state index in [2.05, 4.69) is 4.98 Å². The number of ether oxygens (including phenoxy) is 1. The molecule has 2 aromatic carbocycles. The van der Waals surface area contributed by atoms with Crippen molar-refractivity contribution in [3.8, 4) is 5.75 Å². The first-order valence-electron chi connectivity index (χ1n) is 13.7. The van der Waals surface area contributed by atoms with E-state index in [1.807, 2.05) is 0 Å². The summed E-state index contributed by atoms with van der Waals surface area (Å²) >= 11 is 2.50. The molecule has 3 aromatic rings. The number of benzene rings is 2. The predicted molar refractivity (Wildman–Crippen MR) is 151 cm³/mol. The summed E-state index contributed by atoms with van der Waals surface area (Å²) < 4.78 is 19.6. The van der Waals surface area contributed by atoms with Gasteiger partial charge in [0.05, 0.1) is 28.2 Å². The van der Waals surface area contributed by atoms with Crippen LogP contribution in [0.25, 0.3) is 0 Å². The first-order valence-corrected chi connectivity index (χ1v) is 15.4. The number of thioether (sulfide) groups is 1. The van der Waals surface area contributed by atoms with Gasteiger partial charge in [0.2, 0.25) is 11.8 Å². The number of aromatic amines is 1. The van der Waals surface area contributed by atoms with E-state index < -0.39 is 34.5 Å². The van der Waals surface area contributed by atoms with Crippen molar-refractivity contribution < 1.29 is 33.5 Å². The molecule has 0 spiro atoms. The minimum absolute atomic E-state index is 0.0686. The smallest absolute Gasteiger partial charge is 0.305 e. The fraction of sp³-hybridized carbons (Fsp3) is 0.379. The maximum atomic E-state index is 13.6. The molecule has 2 bridgehead atoms. The summed E-state index contributed by atoms with van der Waals surface area (Å²) in [7, 11) is 0. The first kappa shape index (κ1) is 27.8. The Morgan fingerprint density at radius 3 is 2.53 bits per heavy atom. The van der Waals surface area contributed by atoms with Gasteiger partial charge < -0.3 is 14.8 Å². The summed E-state index contributed by atoms with van der Waals surface area (Å²) in [5.41, 5.74) is 1.04. The highest BCUT2D eigenvalue weighted by atomic mass is 32.2. The molecular formula is C29H24FN3O8S2. The molecule has 2 amide bonds. The van der Waals surface area contributed by atoms with Crippen LogP contribution in [0.5, 0.6) is 5.75 Å². The number of carbonyl (C=O) groups excluding carboxylic acids is 2. The lowest BCUT2D eigenvalue weighted by atomic mass is 9.68. The molecule has 14 heteroatoms. The lowest BCUT2D eigenvalue weighted by molar-refractivity contribution is -0.385. The van der Waals surface area contributed by atoms with Crippen molar-refractivity contribution in [2.24, 2.45) is 29.6 Å². The number of H-pyrrole nitrogens is 1. The lowest BCUT2D eigenvalue weighted by Gasteiger charge is -2.43. The largest absolute Gasteiger partial charge is 0.489 e. The van der Waals surface area contributed by atoms with Crippen LogP contribution in [0, 0.1) is 45.5 Å². The number of fused-ring (bicyclic) bond motifs is 9. The van der Waals surface area contributed by atoms with E-state index in [0.29, 0.717) is 33.2 Å². The van der Waals surface area contributed by atoms with Gasteiger partial charge in [0.25, 0.3) is 5.69 Å². The van der Waals surface area contributed by atoms with Crippen LogP contribution in [-0.2, 0) is 21.0 Å². The van der Waals surface area contributed by atoms with Crippen molar-refractivity contribution in [1.29, 1.82) is 0 Å².